The van der Waals surface area contributed by atoms with Gasteiger partial charge in [0.2, 0.25) is 0 Å². The molecule has 0 amide bonds. The minimum absolute atomic E-state index is 0.287. The van der Waals surface area contributed by atoms with Crippen LogP contribution in [0.2, 0.25) is 0 Å². The van der Waals surface area contributed by atoms with Crippen molar-refractivity contribution in [2.45, 2.75) is 33.4 Å². The van der Waals surface area contributed by atoms with Crippen LogP contribution in [0.15, 0.2) is 6.20 Å². The lowest BCUT2D eigenvalue weighted by Gasteiger charge is -2.35. The van der Waals surface area contributed by atoms with E-state index in [4.69, 9.17) is 4.74 Å². The lowest BCUT2D eigenvalue weighted by atomic mass is 10.0. The normalized spacial score (nSPS) is 20.1. The molecule has 0 unspecified atom stereocenters. The van der Waals surface area contributed by atoms with Crippen LogP contribution in [0.4, 0.5) is 0 Å². The van der Waals surface area contributed by atoms with Crippen LogP contribution in [0.5, 0.6) is 0 Å². The molecule has 5 nitrogen and oxygen atoms in total. The minimum Gasteiger partial charge on any atom is -0.378 e. The van der Waals surface area contributed by atoms with Crippen LogP contribution < -0.4 is 0 Å². The third-order valence-electron chi connectivity index (χ3n) is 4.17. The Bertz CT molecular complexity index is 634. The summed E-state index contributed by atoms with van der Waals surface area (Å²) in [7, 11) is 2.01. The molecule has 0 aliphatic carbocycles. The summed E-state index contributed by atoms with van der Waals surface area (Å²) >= 11 is 1.78. The van der Waals surface area contributed by atoms with Crippen molar-refractivity contribution in [1.29, 1.82) is 0 Å². The Balaban J connectivity index is 1.87. The van der Waals surface area contributed by atoms with Crippen LogP contribution in [0.3, 0.4) is 0 Å². The second-order valence-corrected chi connectivity index (χ2v) is 6.93. The maximum atomic E-state index is 5.74. The van der Waals surface area contributed by atoms with Crippen LogP contribution in [0, 0.1) is 20.8 Å². The van der Waals surface area contributed by atoms with Crippen LogP contribution in [-0.2, 0) is 18.3 Å². The minimum atomic E-state index is 0.287. The smallest absolute Gasteiger partial charge is 0.0897 e. The average Bonchev–Trinajstić information content (AvgIpc) is 2.96. The third-order valence-corrected chi connectivity index (χ3v) is 5.06. The lowest BCUT2D eigenvalue weighted by Crippen LogP contribution is -2.39. The second kappa shape index (κ2) is 5.87. The highest BCUT2D eigenvalue weighted by molar-refractivity contribution is 7.11. The maximum Gasteiger partial charge on any atom is 0.0897 e. The number of hydrogen-bond donors (Lipinski definition) is 0. The quantitative estimate of drug-likeness (QED) is 0.873. The number of nitrogens with zero attached hydrogens (tertiary/aromatic N) is 4. The van der Waals surface area contributed by atoms with E-state index in [1.165, 1.54) is 16.1 Å². The Kier molecular flexibility index (Phi) is 4.10. The van der Waals surface area contributed by atoms with Gasteiger partial charge in [0.15, 0.2) is 0 Å². The van der Waals surface area contributed by atoms with Crippen molar-refractivity contribution in [3.63, 3.8) is 0 Å². The van der Waals surface area contributed by atoms with Crippen molar-refractivity contribution in [3.05, 3.63) is 33.0 Å². The molecule has 2 aromatic rings. The zero-order valence-corrected chi connectivity index (χ0v) is 13.9. The molecular formula is C15H22N4OS. The molecule has 3 rings (SSSR count). The van der Waals surface area contributed by atoms with Crippen molar-refractivity contribution in [3.8, 4) is 0 Å². The van der Waals surface area contributed by atoms with Gasteiger partial charge in [-0.15, -0.1) is 11.3 Å². The van der Waals surface area contributed by atoms with Gasteiger partial charge in [-0.1, -0.05) is 0 Å². The summed E-state index contributed by atoms with van der Waals surface area (Å²) in [5.74, 6) is 0. The van der Waals surface area contributed by atoms with Crippen LogP contribution in [-0.4, -0.2) is 39.4 Å². The number of rotatable bonds is 3. The number of morpholine rings is 1. The van der Waals surface area contributed by atoms with Gasteiger partial charge in [-0.3, -0.25) is 9.58 Å². The van der Waals surface area contributed by atoms with Crippen molar-refractivity contribution < 1.29 is 4.74 Å². The van der Waals surface area contributed by atoms with Gasteiger partial charge in [0.25, 0.3) is 0 Å². The molecular weight excluding hydrogens is 284 g/mol. The molecule has 2 aromatic heterocycles. The Morgan fingerprint density at radius 1 is 1.38 bits per heavy atom. The van der Waals surface area contributed by atoms with Crippen molar-refractivity contribution in [1.82, 2.24) is 19.7 Å². The zero-order valence-electron chi connectivity index (χ0n) is 13.1. The summed E-state index contributed by atoms with van der Waals surface area (Å²) in [6, 6.07) is 0.287. The lowest BCUT2D eigenvalue weighted by molar-refractivity contribution is -0.0127. The molecule has 0 bridgehead atoms. The van der Waals surface area contributed by atoms with Gasteiger partial charge in [-0.05, 0) is 20.8 Å². The Morgan fingerprint density at radius 3 is 2.81 bits per heavy atom. The Labute approximate surface area is 129 Å². The number of aryl methyl sites for hydroxylation is 3. The van der Waals surface area contributed by atoms with Crippen LogP contribution in [0.25, 0.3) is 0 Å². The van der Waals surface area contributed by atoms with E-state index in [2.05, 4.69) is 35.8 Å². The summed E-state index contributed by atoms with van der Waals surface area (Å²) < 4.78 is 7.70. The van der Waals surface area contributed by atoms with Gasteiger partial charge < -0.3 is 4.74 Å². The van der Waals surface area contributed by atoms with Crippen molar-refractivity contribution >= 4 is 11.3 Å². The van der Waals surface area contributed by atoms with Gasteiger partial charge >= 0.3 is 0 Å². The zero-order chi connectivity index (χ0) is 15.0. The van der Waals surface area contributed by atoms with Gasteiger partial charge in [-0.2, -0.15) is 5.10 Å². The van der Waals surface area contributed by atoms with Gasteiger partial charge in [0.1, 0.15) is 0 Å². The molecule has 0 radical (unpaired) electrons. The standard InChI is InChI=1S/C15H22N4OS/c1-10-15(11(2)18(4)17-10)14-9-20-6-5-19(14)8-13-7-16-12(3)21-13/h7,14H,5-6,8-9H2,1-4H3/t14-/m1/s1. The molecule has 1 saturated heterocycles. The maximum absolute atomic E-state index is 5.74. The first-order valence-electron chi connectivity index (χ1n) is 7.29. The number of thiazole rings is 1. The second-order valence-electron chi connectivity index (χ2n) is 5.61. The summed E-state index contributed by atoms with van der Waals surface area (Å²) in [6.45, 7) is 9.71. The molecule has 0 aromatic carbocycles. The van der Waals surface area contributed by atoms with Gasteiger partial charge in [0, 0.05) is 42.5 Å². The van der Waals surface area contributed by atoms with E-state index < -0.39 is 0 Å². The van der Waals surface area contributed by atoms with Crippen LogP contribution in [0.1, 0.15) is 32.9 Å². The molecule has 0 N–H and O–H groups in total. The number of hydrogen-bond acceptors (Lipinski definition) is 5. The van der Waals surface area contributed by atoms with Crippen molar-refractivity contribution in [2.24, 2.45) is 7.05 Å². The Hall–Kier alpha value is -1.24. The molecule has 0 saturated carbocycles. The molecule has 1 aliphatic rings. The van der Waals surface area contributed by atoms with E-state index in [0.717, 1.165) is 37.0 Å². The molecule has 21 heavy (non-hydrogen) atoms. The average molecular weight is 306 g/mol. The number of ether oxygens (including phenoxy) is 1. The topological polar surface area (TPSA) is 43.2 Å². The van der Waals surface area contributed by atoms with E-state index in [0.29, 0.717) is 0 Å². The highest BCUT2D eigenvalue weighted by atomic mass is 32.1. The largest absolute Gasteiger partial charge is 0.378 e. The molecule has 6 heteroatoms. The van der Waals surface area contributed by atoms with E-state index in [1.807, 2.05) is 17.9 Å². The van der Waals surface area contributed by atoms with E-state index in [-0.39, 0.29) is 6.04 Å². The molecule has 1 atom stereocenters. The van der Waals surface area contributed by atoms with Gasteiger partial charge in [-0.25, -0.2) is 4.98 Å². The molecule has 1 aliphatic heterocycles. The molecule has 3 heterocycles. The monoisotopic (exact) mass is 306 g/mol. The fraction of sp³-hybridized carbons (Fsp3) is 0.600. The van der Waals surface area contributed by atoms with Gasteiger partial charge in [0.05, 0.1) is 30.0 Å². The predicted molar refractivity (Wildman–Crippen MR) is 83.5 cm³/mol. The Morgan fingerprint density at radius 2 is 2.19 bits per heavy atom. The highest BCUT2D eigenvalue weighted by Gasteiger charge is 2.29. The summed E-state index contributed by atoms with van der Waals surface area (Å²) in [6.07, 6.45) is 2.00. The predicted octanol–water partition coefficient (Wildman–Crippen LogP) is 2.38. The van der Waals surface area contributed by atoms with E-state index >= 15 is 0 Å². The summed E-state index contributed by atoms with van der Waals surface area (Å²) in [4.78, 5) is 8.17. The highest BCUT2D eigenvalue weighted by Crippen LogP contribution is 2.31. The molecule has 1 fully saturated rings. The van der Waals surface area contributed by atoms with E-state index in [9.17, 15) is 0 Å². The molecule has 0 spiro atoms. The first-order chi connectivity index (χ1) is 10.1. The summed E-state index contributed by atoms with van der Waals surface area (Å²) in [5.41, 5.74) is 3.66. The number of aromatic nitrogens is 3. The first-order valence-corrected chi connectivity index (χ1v) is 8.11. The fourth-order valence-electron chi connectivity index (χ4n) is 3.04. The van der Waals surface area contributed by atoms with Crippen LogP contribution >= 0.6 is 11.3 Å². The SMILES string of the molecule is Cc1ncc(CN2CCOC[C@@H]2c2c(C)nn(C)c2C)s1. The summed E-state index contributed by atoms with van der Waals surface area (Å²) in [5, 5.41) is 5.68. The fourth-order valence-corrected chi connectivity index (χ4v) is 3.86. The van der Waals surface area contributed by atoms with Crippen molar-refractivity contribution in [2.75, 3.05) is 19.8 Å². The molecule has 114 valence electrons. The first kappa shape index (κ1) is 14.7. The van der Waals surface area contributed by atoms with E-state index in [1.54, 1.807) is 11.3 Å². The third kappa shape index (κ3) is 2.88.